The molecule has 1 aliphatic carbocycles. The second-order valence-electron chi connectivity index (χ2n) is 4.25. The van der Waals surface area contributed by atoms with Gasteiger partial charge in [0, 0.05) is 6.42 Å². The van der Waals surface area contributed by atoms with E-state index in [2.05, 4.69) is 15.0 Å². The highest BCUT2D eigenvalue weighted by atomic mass is 19.3. The highest BCUT2D eigenvalue weighted by molar-refractivity contribution is 5.87. The van der Waals surface area contributed by atoms with Gasteiger partial charge in [-0.05, 0) is 6.92 Å². The van der Waals surface area contributed by atoms with Crippen LogP contribution in [0.2, 0.25) is 0 Å². The van der Waals surface area contributed by atoms with Crippen LogP contribution in [0.3, 0.4) is 0 Å². The first-order valence-corrected chi connectivity index (χ1v) is 5.61. The van der Waals surface area contributed by atoms with E-state index < -0.39 is 36.7 Å². The van der Waals surface area contributed by atoms with Gasteiger partial charge in [0.2, 0.25) is 0 Å². The highest BCUT2D eigenvalue weighted by Gasteiger charge is 2.71. The van der Waals surface area contributed by atoms with E-state index in [9.17, 15) is 22.4 Å². The van der Waals surface area contributed by atoms with Crippen molar-refractivity contribution in [1.29, 1.82) is 0 Å². The minimum absolute atomic E-state index is 0.0989. The van der Waals surface area contributed by atoms with Crippen LogP contribution in [0.4, 0.5) is 17.6 Å². The van der Waals surface area contributed by atoms with Gasteiger partial charge in [-0.25, -0.2) is 9.48 Å². The molecule has 1 heterocycles. The molecule has 0 saturated heterocycles. The maximum Gasteiger partial charge on any atom is 0.358 e. The van der Waals surface area contributed by atoms with Gasteiger partial charge in [0.15, 0.2) is 5.69 Å². The summed E-state index contributed by atoms with van der Waals surface area (Å²) in [6.45, 7) is 1.17. The normalized spacial score (nSPS) is 23.7. The number of alkyl halides is 4. The van der Waals surface area contributed by atoms with E-state index in [0.29, 0.717) is 0 Å². The Morgan fingerprint density at radius 1 is 1.53 bits per heavy atom. The van der Waals surface area contributed by atoms with Gasteiger partial charge >= 0.3 is 17.8 Å². The quantitative estimate of drug-likeness (QED) is 0.623. The maximum atomic E-state index is 13.1. The number of hydrogen-bond donors (Lipinski definition) is 0. The number of ether oxygens (including phenoxy) is 1. The molecule has 0 aromatic carbocycles. The Labute approximate surface area is 105 Å². The van der Waals surface area contributed by atoms with Gasteiger partial charge < -0.3 is 4.74 Å². The van der Waals surface area contributed by atoms with Crippen molar-refractivity contribution in [2.45, 2.75) is 31.7 Å². The first-order chi connectivity index (χ1) is 8.79. The molecular weight excluding hydrogens is 270 g/mol. The Morgan fingerprint density at radius 2 is 2.21 bits per heavy atom. The molecular formula is C10H11F4N3O2. The van der Waals surface area contributed by atoms with Gasteiger partial charge in [0.05, 0.1) is 25.3 Å². The molecule has 19 heavy (non-hydrogen) atoms. The summed E-state index contributed by atoms with van der Waals surface area (Å²) >= 11 is 0. The topological polar surface area (TPSA) is 57.0 Å². The van der Waals surface area contributed by atoms with Crippen molar-refractivity contribution < 1.29 is 27.1 Å². The second kappa shape index (κ2) is 4.46. The second-order valence-corrected chi connectivity index (χ2v) is 4.25. The molecule has 2 rings (SSSR count). The number of rotatable bonds is 4. The first kappa shape index (κ1) is 13.8. The number of carbonyl (C=O) groups excluding carboxylic acids is 1. The largest absolute Gasteiger partial charge is 0.461 e. The average Bonchev–Trinajstić information content (AvgIpc) is 2.76. The van der Waals surface area contributed by atoms with Gasteiger partial charge in [-0.15, -0.1) is 5.10 Å². The molecule has 1 fully saturated rings. The van der Waals surface area contributed by atoms with Gasteiger partial charge in [-0.1, -0.05) is 5.21 Å². The molecule has 0 spiro atoms. The Morgan fingerprint density at radius 3 is 2.74 bits per heavy atom. The zero-order valence-corrected chi connectivity index (χ0v) is 9.95. The van der Waals surface area contributed by atoms with Crippen LogP contribution < -0.4 is 0 Å². The van der Waals surface area contributed by atoms with Crippen LogP contribution in [-0.2, 0) is 11.3 Å². The van der Waals surface area contributed by atoms with Crippen molar-refractivity contribution in [1.82, 2.24) is 15.0 Å². The number of nitrogens with zero attached hydrogens (tertiary/aromatic N) is 3. The fourth-order valence-corrected chi connectivity index (χ4v) is 1.88. The summed E-state index contributed by atoms with van der Waals surface area (Å²) in [5.41, 5.74) is -0.132. The molecule has 0 amide bonds. The third kappa shape index (κ3) is 2.17. The highest BCUT2D eigenvalue weighted by Crippen LogP contribution is 2.55. The molecule has 5 nitrogen and oxygen atoms in total. The number of hydrogen-bond acceptors (Lipinski definition) is 4. The van der Waals surface area contributed by atoms with Gasteiger partial charge in [-0.3, -0.25) is 0 Å². The molecule has 0 aliphatic heterocycles. The van der Waals surface area contributed by atoms with Crippen LogP contribution in [0.25, 0.3) is 0 Å². The zero-order chi connectivity index (χ0) is 14.3. The summed E-state index contributed by atoms with van der Waals surface area (Å²) in [7, 11) is 0. The average molecular weight is 281 g/mol. The van der Waals surface area contributed by atoms with Crippen molar-refractivity contribution >= 4 is 5.97 Å². The van der Waals surface area contributed by atoms with E-state index in [0.717, 1.165) is 10.9 Å². The molecule has 106 valence electrons. The number of esters is 1. The molecule has 1 aliphatic rings. The summed E-state index contributed by atoms with van der Waals surface area (Å²) < 4.78 is 57.2. The molecule has 1 saturated carbocycles. The lowest BCUT2D eigenvalue weighted by Crippen LogP contribution is -2.60. The van der Waals surface area contributed by atoms with Crippen LogP contribution in [0.5, 0.6) is 0 Å². The van der Waals surface area contributed by atoms with E-state index in [1.165, 1.54) is 0 Å². The SMILES string of the molecule is CCOC(=O)c1cnnn1CC1CC(F)(F)C1(F)F. The van der Waals surface area contributed by atoms with Crippen LogP contribution in [0.15, 0.2) is 6.20 Å². The lowest BCUT2D eigenvalue weighted by molar-refractivity contribution is -0.316. The van der Waals surface area contributed by atoms with Crippen molar-refractivity contribution in [3.05, 3.63) is 11.9 Å². The molecule has 0 N–H and O–H groups in total. The van der Waals surface area contributed by atoms with Crippen molar-refractivity contribution in [3.63, 3.8) is 0 Å². The van der Waals surface area contributed by atoms with Crippen molar-refractivity contribution in [2.24, 2.45) is 5.92 Å². The first-order valence-electron chi connectivity index (χ1n) is 5.61. The third-order valence-electron chi connectivity index (χ3n) is 3.00. The maximum absolute atomic E-state index is 13.1. The third-order valence-corrected chi connectivity index (χ3v) is 3.00. The minimum atomic E-state index is -4.09. The molecule has 0 bridgehead atoms. The molecule has 0 radical (unpaired) electrons. The standard InChI is InChI=1S/C10H11F4N3O2/c1-2-19-8(18)7-4-15-16-17(7)5-6-3-9(11,12)10(6,13)14/h4,6H,2-3,5H2,1H3. The fourth-order valence-electron chi connectivity index (χ4n) is 1.88. The van der Waals surface area contributed by atoms with E-state index >= 15 is 0 Å². The zero-order valence-electron chi connectivity index (χ0n) is 9.95. The Kier molecular flexibility index (Phi) is 3.23. The van der Waals surface area contributed by atoms with Crippen LogP contribution in [0, 0.1) is 5.92 Å². The van der Waals surface area contributed by atoms with Gasteiger partial charge in [0.25, 0.3) is 0 Å². The number of aromatic nitrogens is 3. The van der Waals surface area contributed by atoms with E-state index in [4.69, 9.17) is 0 Å². The summed E-state index contributed by atoms with van der Waals surface area (Å²) in [5, 5.41) is 6.84. The molecule has 1 unspecified atom stereocenters. The lowest BCUT2D eigenvalue weighted by Gasteiger charge is -2.43. The number of carbonyl (C=O) groups is 1. The van der Waals surface area contributed by atoms with Gasteiger partial charge in [0.1, 0.15) is 0 Å². The predicted molar refractivity (Wildman–Crippen MR) is 54.0 cm³/mol. The Bertz CT molecular complexity index is 489. The summed E-state index contributed by atoms with van der Waals surface area (Å²) in [4.78, 5) is 11.4. The molecule has 9 heteroatoms. The monoisotopic (exact) mass is 281 g/mol. The molecule has 1 aromatic heterocycles. The summed E-state index contributed by atoms with van der Waals surface area (Å²) in [6, 6.07) is 0. The van der Waals surface area contributed by atoms with E-state index in [1.807, 2.05) is 0 Å². The Hall–Kier alpha value is -1.67. The fraction of sp³-hybridized carbons (Fsp3) is 0.700. The van der Waals surface area contributed by atoms with Crippen LogP contribution in [0.1, 0.15) is 23.8 Å². The van der Waals surface area contributed by atoms with Crippen LogP contribution >= 0.6 is 0 Å². The predicted octanol–water partition coefficient (Wildman–Crippen LogP) is 1.75. The summed E-state index contributed by atoms with van der Waals surface area (Å²) in [6.07, 6.45) is 0.106. The van der Waals surface area contributed by atoms with Crippen molar-refractivity contribution in [2.75, 3.05) is 6.61 Å². The Balaban J connectivity index is 2.10. The van der Waals surface area contributed by atoms with Crippen molar-refractivity contribution in [3.8, 4) is 0 Å². The smallest absolute Gasteiger partial charge is 0.358 e. The van der Waals surface area contributed by atoms with Crippen LogP contribution in [-0.4, -0.2) is 39.4 Å². The molecule has 1 aromatic rings. The van der Waals surface area contributed by atoms with E-state index in [-0.39, 0.29) is 12.3 Å². The molecule has 1 atom stereocenters. The number of halogens is 4. The summed E-state index contributed by atoms with van der Waals surface area (Å²) in [5.74, 6) is -10.4. The van der Waals surface area contributed by atoms with Gasteiger partial charge in [-0.2, -0.15) is 17.6 Å². The lowest BCUT2D eigenvalue weighted by atomic mass is 9.76. The minimum Gasteiger partial charge on any atom is -0.461 e. The van der Waals surface area contributed by atoms with E-state index in [1.54, 1.807) is 6.92 Å².